The van der Waals surface area contributed by atoms with Crippen LogP contribution in [-0.2, 0) is 11.2 Å². The fraction of sp³-hybridized carbons (Fsp3) is 0.375. The van der Waals surface area contributed by atoms with Crippen molar-refractivity contribution in [1.82, 2.24) is 9.88 Å². The molecule has 0 saturated carbocycles. The van der Waals surface area contributed by atoms with Gasteiger partial charge in [0.15, 0.2) is 0 Å². The number of aryl methyl sites for hydroxylation is 1. The molecule has 2 aromatic carbocycles. The standard InChI is InChI=1S/C24H28N2O/c1-2-18-12-9-13-20-22(17-25-24(18)20)21(19-10-5-3-6-11-19)16-23(27)26-14-7-4-8-15-26/h3,5-6,9-13,17,21,25H,2,4,7-8,14-16H2,1H3. The van der Waals surface area contributed by atoms with Crippen LogP contribution in [-0.4, -0.2) is 28.9 Å². The zero-order chi connectivity index (χ0) is 18.6. The monoisotopic (exact) mass is 360 g/mol. The summed E-state index contributed by atoms with van der Waals surface area (Å²) in [5.74, 6) is 0.367. The van der Waals surface area contributed by atoms with E-state index in [2.05, 4.69) is 65.5 Å². The molecule has 140 valence electrons. The Bertz CT molecular complexity index is 907. The fourth-order valence-corrected chi connectivity index (χ4v) is 4.36. The normalized spacial score (nSPS) is 15.8. The molecule has 0 aliphatic carbocycles. The number of piperidine rings is 1. The SMILES string of the molecule is CCc1cccc2c(C(CC(=O)N3CCCCC3)c3ccccc3)c[nH]c12. The van der Waals surface area contributed by atoms with E-state index in [1.54, 1.807) is 0 Å². The van der Waals surface area contributed by atoms with E-state index >= 15 is 0 Å². The van der Waals surface area contributed by atoms with Crippen molar-refractivity contribution in [2.45, 2.75) is 44.9 Å². The number of nitrogens with one attached hydrogen (secondary N) is 1. The number of aromatic nitrogens is 1. The second-order valence-corrected chi connectivity index (χ2v) is 7.55. The lowest BCUT2D eigenvalue weighted by Crippen LogP contribution is -2.36. The van der Waals surface area contributed by atoms with Gasteiger partial charge in [0, 0.05) is 42.5 Å². The number of fused-ring (bicyclic) bond motifs is 1. The zero-order valence-corrected chi connectivity index (χ0v) is 16.1. The van der Waals surface area contributed by atoms with Gasteiger partial charge < -0.3 is 9.88 Å². The van der Waals surface area contributed by atoms with E-state index in [1.165, 1.54) is 34.0 Å². The maximum atomic E-state index is 13.1. The molecule has 3 heteroatoms. The molecule has 1 atom stereocenters. The van der Waals surface area contributed by atoms with E-state index in [9.17, 15) is 4.79 Å². The summed E-state index contributed by atoms with van der Waals surface area (Å²) in [4.78, 5) is 18.6. The number of carbonyl (C=O) groups excluding carboxylic acids is 1. The van der Waals surface area contributed by atoms with Crippen molar-refractivity contribution < 1.29 is 4.79 Å². The van der Waals surface area contributed by atoms with Crippen LogP contribution in [0.5, 0.6) is 0 Å². The zero-order valence-electron chi connectivity index (χ0n) is 16.1. The number of benzene rings is 2. The summed E-state index contributed by atoms with van der Waals surface area (Å²) in [5, 5.41) is 1.25. The maximum absolute atomic E-state index is 13.1. The quantitative estimate of drug-likeness (QED) is 0.661. The number of nitrogens with zero attached hydrogens (tertiary/aromatic N) is 1. The van der Waals surface area contributed by atoms with E-state index < -0.39 is 0 Å². The molecule has 1 unspecified atom stereocenters. The van der Waals surface area contributed by atoms with Gasteiger partial charge in [-0.1, -0.05) is 55.5 Å². The maximum Gasteiger partial charge on any atom is 0.223 e. The van der Waals surface area contributed by atoms with E-state index in [0.717, 1.165) is 32.4 Å². The number of likely N-dealkylation sites (tertiary alicyclic amines) is 1. The lowest BCUT2D eigenvalue weighted by Gasteiger charge is -2.28. The molecular weight excluding hydrogens is 332 g/mol. The molecule has 1 N–H and O–H groups in total. The van der Waals surface area contributed by atoms with Gasteiger partial charge in [-0.15, -0.1) is 0 Å². The fourth-order valence-electron chi connectivity index (χ4n) is 4.36. The average molecular weight is 361 g/mol. The molecule has 1 amide bonds. The van der Waals surface area contributed by atoms with Crippen LogP contribution in [0.3, 0.4) is 0 Å². The van der Waals surface area contributed by atoms with E-state index in [4.69, 9.17) is 0 Å². The van der Waals surface area contributed by atoms with Gasteiger partial charge in [0.05, 0.1) is 0 Å². The minimum atomic E-state index is 0.0847. The highest BCUT2D eigenvalue weighted by Gasteiger charge is 2.25. The topological polar surface area (TPSA) is 36.1 Å². The third-order valence-corrected chi connectivity index (χ3v) is 5.88. The average Bonchev–Trinajstić information content (AvgIpc) is 3.17. The van der Waals surface area contributed by atoms with Gasteiger partial charge in [0.1, 0.15) is 0 Å². The number of rotatable bonds is 5. The molecule has 27 heavy (non-hydrogen) atoms. The smallest absolute Gasteiger partial charge is 0.223 e. The van der Waals surface area contributed by atoms with Crippen LogP contribution in [0.2, 0.25) is 0 Å². The van der Waals surface area contributed by atoms with Crippen molar-refractivity contribution in [3.05, 3.63) is 71.4 Å². The molecule has 1 aliphatic rings. The molecule has 1 aliphatic heterocycles. The summed E-state index contributed by atoms with van der Waals surface area (Å²) in [6.45, 7) is 4.01. The molecule has 3 nitrogen and oxygen atoms in total. The molecule has 2 heterocycles. The predicted octanol–water partition coefficient (Wildman–Crippen LogP) is 5.26. The Morgan fingerprint density at radius 3 is 2.56 bits per heavy atom. The second-order valence-electron chi connectivity index (χ2n) is 7.55. The summed E-state index contributed by atoms with van der Waals surface area (Å²) in [5.41, 5.74) is 4.98. The van der Waals surface area contributed by atoms with Gasteiger partial charge in [-0.05, 0) is 42.4 Å². The summed E-state index contributed by atoms with van der Waals surface area (Å²) in [6.07, 6.45) is 7.16. The molecule has 1 aromatic heterocycles. The van der Waals surface area contributed by atoms with Crippen molar-refractivity contribution in [2.75, 3.05) is 13.1 Å². The van der Waals surface area contributed by atoms with Crippen molar-refractivity contribution in [3.8, 4) is 0 Å². The molecule has 0 spiro atoms. The number of hydrogen-bond acceptors (Lipinski definition) is 1. The lowest BCUT2D eigenvalue weighted by molar-refractivity contribution is -0.132. The Morgan fingerprint density at radius 1 is 1.04 bits per heavy atom. The molecule has 0 bridgehead atoms. The van der Waals surface area contributed by atoms with Gasteiger partial charge in [-0.3, -0.25) is 4.79 Å². The predicted molar refractivity (Wildman–Crippen MR) is 111 cm³/mol. The molecule has 0 radical (unpaired) electrons. The first-order chi connectivity index (χ1) is 13.3. The Labute approximate surface area is 161 Å². The molecule has 3 aromatic rings. The van der Waals surface area contributed by atoms with E-state index in [0.29, 0.717) is 6.42 Å². The van der Waals surface area contributed by atoms with Crippen LogP contribution < -0.4 is 0 Å². The largest absolute Gasteiger partial charge is 0.361 e. The number of carbonyl (C=O) groups is 1. The highest BCUT2D eigenvalue weighted by atomic mass is 16.2. The molecule has 1 fully saturated rings. The van der Waals surface area contributed by atoms with E-state index in [1.807, 2.05) is 6.07 Å². The summed E-state index contributed by atoms with van der Waals surface area (Å²) in [7, 11) is 0. The van der Waals surface area contributed by atoms with Gasteiger partial charge in [-0.2, -0.15) is 0 Å². The van der Waals surface area contributed by atoms with Crippen LogP contribution in [0.25, 0.3) is 10.9 Å². The first-order valence-electron chi connectivity index (χ1n) is 10.2. The number of aromatic amines is 1. The summed E-state index contributed by atoms with van der Waals surface area (Å²) >= 11 is 0. The van der Waals surface area contributed by atoms with Crippen molar-refractivity contribution >= 4 is 16.8 Å². The second kappa shape index (κ2) is 7.99. The Hall–Kier alpha value is -2.55. The van der Waals surface area contributed by atoms with Gasteiger partial charge in [0.25, 0.3) is 0 Å². The number of hydrogen-bond donors (Lipinski definition) is 1. The minimum Gasteiger partial charge on any atom is -0.361 e. The molecule has 4 rings (SSSR count). The highest BCUT2D eigenvalue weighted by molar-refractivity contribution is 5.88. The third-order valence-electron chi connectivity index (χ3n) is 5.88. The van der Waals surface area contributed by atoms with Crippen molar-refractivity contribution in [1.29, 1.82) is 0 Å². The van der Waals surface area contributed by atoms with Crippen LogP contribution in [0, 0.1) is 0 Å². The van der Waals surface area contributed by atoms with Gasteiger partial charge >= 0.3 is 0 Å². The van der Waals surface area contributed by atoms with Gasteiger partial charge in [-0.25, -0.2) is 0 Å². The molecular formula is C24H28N2O. The lowest BCUT2D eigenvalue weighted by atomic mass is 9.87. The minimum absolute atomic E-state index is 0.0847. The Balaban J connectivity index is 1.72. The highest BCUT2D eigenvalue weighted by Crippen LogP contribution is 2.35. The Kier molecular flexibility index (Phi) is 5.28. The summed E-state index contributed by atoms with van der Waals surface area (Å²) < 4.78 is 0. The van der Waals surface area contributed by atoms with Crippen molar-refractivity contribution in [2.24, 2.45) is 0 Å². The van der Waals surface area contributed by atoms with Crippen LogP contribution in [0.4, 0.5) is 0 Å². The number of H-pyrrole nitrogens is 1. The molecule has 1 saturated heterocycles. The van der Waals surface area contributed by atoms with Crippen LogP contribution in [0.15, 0.2) is 54.7 Å². The van der Waals surface area contributed by atoms with Crippen LogP contribution in [0.1, 0.15) is 55.2 Å². The van der Waals surface area contributed by atoms with E-state index in [-0.39, 0.29) is 11.8 Å². The van der Waals surface area contributed by atoms with Gasteiger partial charge in [0.2, 0.25) is 5.91 Å². The first-order valence-corrected chi connectivity index (χ1v) is 10.2. The van der Waals surface area contributed by atoms with Crippen LogP contribution >= 0.6 is 0 Å². The third kappa shape index (κ3) is 3.64. The summed E-state index contributed by atoms with van der Waals surface area (Å²) in [6, 6.07) is 17.0. The number of amides is 1. The number of para-hydroxylation sites is 1. The van der Waals surface area contributed by atoms with Crippen molar-refractivity contribution in [3.63, 3.8) is 0 Å². The first kappa shape index (κ1) is 17.8. The Morgan fingerprint density at radius 2 is 1.81 bits per heavy atom.